The van der Waals surface area contributed by atoms with Gasteiger partial charge >= 0.3 is 0 Å². The molecule has 0 fully saturated rings. The lowest BCUT2D eigenvalue weighted by Crippen LogP contribution is -2.42. The molecule has 0 aliphatic rings. The minimum absolute atomic E-state index is 0. The van der Waals surface area contributed by atoms with Gasteiger partial charge in [-0.3, -0.25) is 9.59 Å². The molecule has 5 N–H and O–H groups in total. The van der Waals surface area contributed by atoms with Crippen LogP contribution in [0.15, 0.2) is 36.4 Å². The first-order chi connectivity index (χ1) is 10.5. The molecule has 0 aliphatic heterocycles. The number of nitrogens with two attached hydrogens (primary N) is 2. The Hall–Kier alpha value is -2.31. The van der Waals surface area contributed by atoms with Crippen LogP contribution < -0.4 is 21.5 Å². The monoisotopic (exact) mass is 337 g/mol. The summed E-state index contributed by atoms with van der Waals surface area (Å²) < 4.78 is 5.18. The lowest BCUT2D eigenvalue weighted by atomic mass is 10.1. The van der Waals surface area contributed by atoms with E-state index in [0.29, 0.717) is 6.54 Å². The number of carbonyl (C=O) groups excluding carboxylic acids is 2. The topological polar surface area (TPSA) is 107 Å². The van der Waals surface area contributed by atoms with Crippen molar-refractivity contribution in [2.45, 2.75) is 19.0 Å². The van der Waals surface area contributed by atoms with Crippen molar-refractivity contribution >= 4 is 35.0 Å². The molecule has 2 aromatic carbocycles. The first-order valence-electron chi connectivity index (χ1n) is 6.88. The Balaban J connectivity index is 0.00000264. The molecule has 0 saturated heterocycles. The average Bonchev–Trinajstić information content (AvgIpc) is 2.51. The molecule has 6 nitrogen and oxygen atoms in total. The van der Waals surface area contributed by atoms with Crippen molar-refractivity contribution in [2.24, 2.45) is 11.5 Å². The zero-order chi connectivity index (χ0) is 16.1. The molecular formula is C16H20ClN3O3. The number of primary amides is 1. The minimum Gasteiger partial charge on any atom is -0.497 e. The van der Waals surface area contributed by atoms with E-state index in [9.17, 15) is 9.59 Å². The van der Waals surface area contributed by atoms with Gasteiger partial charge < -0.3 is 21.5 Å². The first kappa shape index (κ1) is 18.7. The van der Waals surface area contributed by atoms with Gasteiger partial charge in [0.2, 0.25) is 11.8 Å². The van der Waals surface area contributed by atoms with E-state index in [0.717, 1.165) is 22.1 Å². The second kappa shape index (κ2) is 8.36. The number of methoxy groups -OCH3 is 1. The summed E-state index contributed by atoms with van der Waals surface area (Å²) in [7, 11) is 1.63. The van der Waals surface area contributed by atoms with Crippen molar-refractivity contribution in [3.05, 3.63) is 42.0 Å². The Bertz CT molecular complexity index is 706. The Morgan fingerprint density at radius 2 is 1.83 bits per heavy atom. The van der Waals surface area contributed by atoms with E-state index < -0.39 is 17.9 Å². The van der Waals surface area contributed by atoms with Crippen LogP contribution in [-0.2, 0) is 16.1 Å². The predicted octanol–water partition coefficient (Wildman–Crippen LogP) is 1.09. The number of carbonyl (C=O) groups is 2. The summed E-state index contributed by atoms with van der Waals surface area (Å²) in [6.07, 6.45) is -0.163. The summed E-state index contributed by atoms with van der Waals surface area (Å²) in [6.45, 7) is 0.341. The number of hydrogen-bond donors (Lipinski definition) is 3. The molecule has 0 radical (unpaired) electrons. The van der Waals surface area contributed by atoms with Crippen molar-refractivity contribution < 1.29 is 14.3 Å². The van der Waals surface area contributed by atoms with Crippen molar-refractivity contribution in [1.82, 2.24) is 5.32 Å². The van der Waals surface area contributed by atoms with Crippen molar-refractivity contribution in [1.29, 1.82) is 0 Å². The van der Waals surface area contributed by atoms with Gasteiger partial charge in [0.25, 0.3) is 0 Å². The van der Waals surface area contributed by atoms with Crippen LogP contribution in [-0.4, -0.2) is 25.0 Å². The Morgan fingerprint density at radius 1 is 1.17 bits per heavy atom. The highest BCUT2D eigenvalue weighted by atomic mass is 35.5. The highest BCUT2D eigenvalue weighted by Crippen LogP contribution is 2.21. The molecule has 0 saturated carbocycles. The third kappa shape index (κ3) is 5.12. The summed E-state index contributed by atoms with van der Waals surface area (Å²) in [5.74, 6) is -0.193. The van der Waals surface area contributed by atoms with Crippen LogP contribution in [0.1, 0.15) is 12.0 Å². The molecule has 1 unspecified atom stereocenters. The zero-order valence-electron chi connectivity index (χ0n) is 12.7. The molecule has 0 aromatic heterocycles. The Morgan fingerprint density at radius 3 is 2.48 bits per heavy atom. The molecule has 23 heavy (non-hydrogen) atoms. The van der Waals surface area contributed by atoms with Crippen LogP contribution in [0, 0.1) is 0 Å². The van der Waals surface area contributed by atoms with Crippen molar-refractivity contribution in [3.8, 4) is 5.75 Å². The number of fused-ring (bicyclic) bond motifs is 1. The number of halogens is 1. The Kier molecular flexibility index (Phi) is 6.81. The van der Waals surface area contributed by atoms with Crippen LogP contribution in [0.25, 0.3) is 10.8 Å². The lowest BCUT2D eigenvalue weighted by molar-refractivity contribution is -0.126. The predicted molar refractivity (Wildman–Crippen MR) is 91.4 cm³/mol. The smallest absolute Gasteiger partial charge is 0.237 e. The molecule has 2 rings (SSSR count). The quantitative estimate of drug-likeness (QED) is 0.733. The second-order valence-electron chi connectivity index (χ2n) is 5.04. The number of hydrogen-bond acceptors (Lipinski definition) is 4. The minimum atomic E-state index is -0.915. The summed E-state index contributed by atoms with van der Waals surface area (Å²) in [6, 6.07) is 10.7. The van der Waals surface area contributed by atoms with Gasteiger partial charge in [0.1, 0.15) is 5.75 Å². The summed E-state index contributed by atoms with van der Waals surface area (Å²) in [5, 5.41) is 4.80. The number of rotatable bonds is 6. The van der Waals surface area contributed by atoms with Gasteiger partial charge in [-0.1, -0.05) is 18.2 Å². The standard InChI is InChI=1S/C16H19N3O3.ClH/c1-22-13-5-4-11-6-10(2-3-12(11)7-13)9-19-16(21)14(17)8-15(18)20;/h2-7,14H,8-9,17H2,1H3,(H2,18,20)(H,19,21);1H. The molecule has 7 heteroatoms. The number of ether oxygens (including phenoxy) is 1. The molecule has 2 amide bonds. The van der Waals surface area contributed by atoms with Crippen LogP contribution >= 0.6 is 12.4 Å². The van der Waals surface area contributed by atoms with Gasteiger partial charge in [0.05, 0.1) is 19.6 Å². The fourth-order valence-electron chi connectivity index (χ4n) is 2.14. The van der Waals surface area contributed by atoms with Gasteiger partial charge in [-0.05, 0) is 34.5 Å². The highest BCUT2D eigenvalue weighted by molar-refractivity contribution is 5.88. The van der Waals surface area contributed by atoms with Gasteiger partial charge in [0.15, 0.2) is 0 Å². The molecule has 0 spiro atoms. The number of amides is 2. The molecule has 124 valence electrons. The van der Waals surface area contributed by atoms with Gasteiger partial charge in [-0.25, -0.2) is 0 Å². The normalized spacial score (nSPS) is 11.4. The van der Waals surface area contributed by atoms with E-state index in [1.807, 2.05) is 36.4 Å². The lowest BCUT2D eigenvalue weighted by Gasteiger charge is -2.11. The molecule has 0 heterocycles. The van der Waals surface area contributed by atoms with Crippen LogP contribution in [0.3, 0.4) is 0 Å². The number of benzene rings is 2. The SMILES string of the molecule is COc1ccc2cc(CNC(=O)C(N)CC(N)=O)ccc2c1.Cl. The highest BCUT2D eigenvalue weighted by Gasteiger charge is 2.15. The van der Waals surface area contributed by atoms with E-state index >= 15 is 0 Å². The van der Waals surface area contributed by atoms with Crippen molar-refractivity contribution in [3.63, 3.8) is 0 Å². The fraction of sp³-hybridized carbons (Fsp3) is 0.250. The zero-order valence-corrected chi connectivity index (χ0v) is 13.6. The summed E-state index contributed by atoms with van der Waals surface area (Å²) in [4.78, 5) is 22.5. The maximum atomic E-state index is 11.7. The third-order valence-corrected chi connectivity index (χ3v) is 3.34. The largest absolute Gasteiger partial charge is 0.497 e. The van der Waals surface area contributed by atoms with Crippen molar-refractivity contribution in [2.75, 3.05) is 7.11 Å². The van der Waals surface area contributed by atoms with Gasteiger partial charge in [0, 0.05) is 6.54 Å². The first-order valence-corrected chi connectivity index (χ1v) is 6.88. The summed E-state index contributed by atoms with van der Waals surface area (Å²) in [5.41, 5.74) is 11.5. The van der Waals surface area contributed by atoms with Crippen LogP contribution in [0.4, 0.5) is 0 Å². The number of nitrogens with one attached hydrogen (secondary N) is 1. The van der Waals surface area contributed by atoms with E-state index in [2.05, 4.69) is 5.32 Å². The van der Waals surface area contributed by atoms with Gasteiger partial charge in [-0.2, -0.15) is 0 Å². The molecular weight excluding hydrogens is 318 g/mol. The average molecular weight is 338 g/mol. The van der Waals surface area contributed by atoms with E-state index in [4.69, 9.17) is 16.2 Å². The van der Waals surface area contributed by atoms with E-state index in [1.54, 1.807) is 7.11 Å². The van der Waals surface area contributed by atoms with E-state index in [-0.39, 0.29) is 18.8 Å². The van der Waals surface area contributed by atoms with Gasteiger partial charge in [-0.15, -0.1) is 12.4 Å². The van der Waals surface area contributed by atoms with E-state index in [1.165, 1.54) is 0 Å². The molecule has 0 bridgehead atoms. The second-order valence-corrected chi connectivity index (χ2v) is 5.04. The molecule has 1 atom stereocenters. The maximum Gasteiger partial charge on any atom is 0.237 e. The summed E-state index contributed by atoms with van der Waals surface area (Å²) >= 11 is 0. The molecule has 0 aliphatic carbocycles. The Labute approximate surface area is 140 Å². The maximum absolute atomic E-state index is 11.7. The fourth-order valence-corrected chi connectivity index (χ4v) is 2.14. The van der Waals surface area contributed by atoms with Crippen LogP contribution in [0.5, 0.6) is 5.75 Å². The van der Waals surface area contributed by atoms with Crippen LogP contribution in [0.2, 0.25) is 0 Å². The molecule has 2 aromatic rings. The third-order valence-electron chi connectivity index (χ3n) is 3.34.